The zero-order valence-corrected chi connectivity index (χ0v) is 13.7. The zero-order chi connectivity index (χ0) is 15.2. The van der Waals surface area contributed by atoms with Crippen LogP contribution >= 0.6 is 11.6 Å². The number of hydrogen-bond acceptors (Lipinski definition) is 2. The molecule has 1 N–H and O–H groups in total. The van der Waals surface area contributed by atoms with Crippen molar-refractivity contribution in [3.63, 3.8) is 0 Å². The van der Waals surface area contributed by atoms with Gasteiger partial charge in [0.1, 0.15) is 0 Å². The van der Waals surface area contributed by atoms with E-state index in [1.54, 1.807) is 0 Å². The molecule has 0 spiro atoms. The maximum Gasteiger partial charge on any atom is 0.0646 e. The van der Waals surface area contributed by atoms with Crippen LogP contribution in [0.4, 0.5) is 11.4 Å². The van der Waals surface area contributed by atoms with Gasteiger partial charge in [-0.15, -0.1) is 0 Å². The third-order valence-electron chi connectivity index (χ3n) is 3.68. The Bertz CT molecular complexity index is 569. The molecule has 0 amide bonds. The van der Waals surface area contributed by atoms with Crippen molar-refractivity contribution in [3.05, 3.63) is 59.1 Å². The largest absolute Gasteiger partial charge is 0.343 e. The first-order valence-electron chi connectivity index (χ1n) is 7.45. The minimum Gasteiger partial charge on any atom is -0.343 e. The third-order valence-corrected chi connectivity index (χ3v) is 3.98. The van der Waals surface area contributed by atoms with Crippen molar-refractivity contribution in [2.75, 3.05) is 18.5 Å². The van der Waals surface area contributed by atoms with Crippen molar-refractivity contribution in [3.8, 4) is 0 Å². The summed E-state index contributed by atoms with van der Waals surface area (Å²) in [7, 11) is 2.04. The Hall–Kier alpha value is -1.51. The van der Waals surface area contributed by atoms with E-state index >= 15 is 0 Å². The predicted octanol–water partition coefficient (Wildman–Crippen LogP) is 5.17. The Labute approximate surface area is 132 Å². The molecule has 2 aromatic rings. The van der Waals surface area contributed by atoms with E-state index in [9.17, 15) is 0 Å². The number of para-hydroxylation sites is 1. The van der Waals surface area contributed by atoms with Gasteiger partial charge < -0.3 is 10.2 Å². The summed E-state index contributed by atoms with van der Waals surface area (Å²) in [6.07, 6.45) is 1.13. The van der Waals surface area contributed by atoms with Gasteiger partial charge in [-0.3, -0.25) is 0 Å². The van der Waals surface area contributed by atoms with Crippen LogP contribution in [-0.2, 0) is 0 Å². The van der Waals surface area contributed by atoms with Crippen molar-refractivity contribution >= 4 is 23.0 Å². The first-order chi connectivity index (χ1) is 10.1. The van der Waals surface area contributed by atoms with Crippen LogP contribution in [0.2, 0.25) is 5.02 Å². The molecule has 0 saturated heterocycles. The highest BCUT2D eigenvalue weighted by Gasteiger charge is 2.11. The lowest BCUT2D eigenvalue weighted by atomic mass is 10.1. The zero-order valence-electron chi connectivity index (χ0n) is 12.9. The second-order valence-electron chi connectivity index (χ2n) is 5.28. The van der Waals surface area contributed by atoms with Crippen LogP contribution in [0.15, 0.2) is 48.5 Å². The van der Waals surface area contributed by atoms with E-state index in [1.807, 2.05) is 25.2 Å². The van der Waals surface area contributed by atoms with E-state index < -0.39 is 0 Å². The molecule has 0 fully saturated rings. The first kappa shape index (κ1) is 15.9. The molecule has 0 aliphatic heterocycles. The average Bonchev–Trinajstić information content (AvgIpc) is 2.52. The molecule has 0 heterocycles. The van der Waals surface area contributed by atoms with E-state index in [2.05, 4.69) is 54.4 Å². The molecule has 0 aliphatic carbocycles. The smallest absolute Gasteiger partial charge is 0.0646 e. The summed E-state index contributed by atoms with van der Waals surface area (Å²) in [5, 5.41) is 4.27. The Morgan fingerprint density at radius 3 is 2.48 bits per heavy atom. The molecule has 2 nitrogen and oxygen atoms in total. The molecule has 2 rings (SSSR count). The monoisotopic (exact) mass is 302 g/mol. The maximum absolute atomic E-state index is 6.48. The molecular formula is C18H23ClN2. The van der Waals surface area contributed by atoms with E-state index in [-0.39, 0.29) is 0 Å². The lowest BCUT2D eigenvalue weighted by Crippen LogP contribution is -2.19. The fourth-order valence-corrected chi connectivity index (χ4v) is 2.65. The molecule has 0 saturated carbocycles. The highest BCUT2D eigenvalue weighted by atomic mass is 35.5. The van der Waals surface area contributed by atoms with Crippen molar-refractivity contribution in [1.82, 2.24) is 5.32 Å². The van der Waals surface area contributed by atoms with Crippen LogP contribution in [0.5, 0.6) is 0 Å². The van der Waals surface area contributed by atoms with Gasteiger partial charge in [0.05, 0.1) is 10.7 Å². The summed E-state index contributed by atoms with van der Waals surface area (Å²) < 4.78 is 0. The highest BCUT2D eigenvalue weighted by molar-refractivity contribution is 6.33. The van der Waals surface area contributed by atoms with E-state index in [0.717, 1.165) is 29.4 Å². The standard InChI is InChI=1S/C18H23ClN2/c1-4-12-20-14(2)15-10-11-18(17(19)13-15)21(3)16-8-6-5-7-9-16/h5-11,13-14,20H,4,12H2,1-3H3. The molecule has 2 aromatic carbocycles. The van der Waals surface area contributed by atoms with Crippen LogP contribution in [-0.4, -0.2) is 13.6 Å². The molecule has 0 aliphatic rings. The molecule has 1 atom stereocenters. The summed E-state index contributed by atoms with van der Waals surface area (Å²) in [6.45, 7) is 5.36. The van der Waals surface area contributed by atoms with Crippen molar-refractivity contribution in [2.45, 2.75) is 26.3 Å². The van der Waals surface area contributed by atoms with Crippen molar-refractivity contribution in [2.24, 2.45) is 0 Å². The summed E-state index contributed by atoms with van der Waals surface area (Å²) >= 11 is 6.48. The maximum atomic E-state index is 6.48. The summed E-state index contributed by atoms with van der Waals surface area (Å²) in [6, 6.07) is 16.9. The molecule has 0 radical (unpaired) electrons. The van der Waals surface area contributed by atoms with Gasteiger partial charge in [-0.1, -0.05) is 42.8 Å². The molecule has 0 aromatic heterocycles. The number of nitrogens with one attached hydrogen (secondary N) is 1. The molecule has 0 bridgehead atoms. The van der Waals surface area contributed by atoms with Gasteiger partial charge in [-0.25, -0.2) is 0 Å². The quantitative estimate of drug-likeness (QED) is 0.792. The number of benzene rings is 2. The summed E-state index contributed by atoms with van der Waals surface area (Å²) in [5.41, 5.74) is 3.37. The topological polar surface area (TPSA) is 15.3 Å². The molecule has 1 unspecified atom stereocenters. The fourth-order valence-electron chi connectivity index (χ4n) is 2.33. The van der Waals surface area contributed by atoms with Gasteiger partial charge in [0.15, 0.2) is 0 Å². The Kier molecular flexibility index (Phi) is 5.66. The van der Waals surface area contributed by atoms with Crippen molar-refractivity contribution < 1.29 is 0 Å². The lowest BCUT2D eigenvalue weighted by Gasteiger charge is -2.22. The molecular weight excluding hydrogens is 280 g/mol. The van der Waals surface area contributed by atoms with Gasteiger partial charge in [0.25, 0.3) is 0 Å². The lowest BCUT2D eigenvalue weighted by molar-refractivity contribution is 0.571. The van der Waals surface area contributed by atoms with Crippen LogP contribution in [0.1, 0.15) is 31.9 Å². The van der Waals surface area contributed by atoms with Gasteiger partial charge in [0.2, 0.25) is 0 Å². The van der Waals surface area contributed by atoms with Crippen LogP contribution in [0.3, 0.4) is 0 Å². The van der Waals surface area contributed by atoms with Crippen LogP contribution in [0, 0.1) is 0 Å². The van der Waals surface area contributed by atoms with E-state index in [4.69, 9.17) is 11.6 Å². The number of rotatable bonds is 6. The summed E-state index contributed by atoms with van der Waals surface area (Å²) in [5.74, 6) is 0. The number of halogens is 1. The molecule has 112 valence electrons. The number of anilines is 2. The van der Waals surface area contributed by atoms with Crippen LogP contribution < -0.4 is 10.2 Å². The van der Waals surface area contributed by atoms with Gasteiger partial charge in [0, 0.05) is 18.8 Å². The molecule has 3 heteroatoms. The second kappa shape index (κ2) is 7.48. The fraction of sp³-hybridized carbons (Fsp3) is 0.333. The highest BCUT2D eigenvalue weighted by Crippen LogP contribution is 2.32. The van der Waals surface area contributed by atoms with E-state index in [0.29, 0.717) is 6.04 Å². The Balaban J connectivity index is 2.19. The first-order valence-corrected chi connectivity index (χ1v) is 7.83. The summed E-state index contributed by atoms with van der Waals surface area (Å²) in [4.78, 5) is 2.11. The second-order valence-corrected chi connectivity index (χ2v) is 5.69. The minimum absolute atomic E-state index is 0.318. The van der Waals surface area contributed by atoms with Gasteiger partial charge in [-0.2, -0.15) is 0 Å². The van der Waals surface area contributed by atoms with Crippen molar-refractivity contribution in [1.29, 1.82) is 0 Å². The normalized spacial score (nSPS) is 12.2. The van der Waals surface area contributed by atoms with Gasteiger partial charge >= 0.3 is 0 Å². The SMILES string of the molecule is CCCNC(C)c1ccc(N(C)c2ccccc2)c(Cl)c1. The average molecular weight is 303 g/mol. The van der Waals surface area contributed by atoms with Gasteiger partial charge in [-0.05, 0) is 49.7 Å². The van der Waals surface area contributed by atoms with Crippen LogP contribution in [0.25, 0.3) is 0 Å². The predicted molar refractivity (Wildman–Crippen MR) is 92.7 cm³/mol. The Morgan fingerprint density at radius 2 is 1.86 bits per heavy atom. The van der Waals surface area contributed by atoms with E-state index in [1.165, 1.54) is 5.56 Å². The molecule has 21 heavy (non-hydrogen) atoms. The Morgan fingerprint density at radius 1 is 1.14 bits per heavy atom. The number of hydrogen-bond donors (Lipinski definition) is 1. The minimum atomic E-state index is 0.318. The third kappa shape index (κ3) is 3.99. The number of nitrogens with zero attached hydrogens (tertiary/aromatic N) is 1.